The summed E-state index contributed by atoms with van der Waals surface area (Å²) in [5.41, 5.74) is 0. The van der Waals surface area contributed by atoms with Crippen molar-refractivity contribution in [1.82, 2.24) is 5.32 Å². The van der Waals surface area contributed by atoms with Crippen LogP contribution in [-0.2, 0) is 0 Å². The molecule has 0 bridgehead atoms. The van der Waals surface area contributed by atoms with E-state index in [2.05, 4.69) is 11.4 Å². The minimum absolute atomic E-state index is 0.0327. The molecule has 4 heteroatoms. The second-order valence-corrected chi connectivity index (χ2v) is 4.35. The van der Waals surface area contributed by atoms with Crippen molar-refractivity contribution in [3.63, 3.8) is 0 Å². The summed E-state index contributed by atoms with van der Waals surface area (Å²) < 4.78 is 5.19. The quantitative estimate of drug-likeness (QED) is 0.754. The lowest BCUT2D eigenvalue weighted by Gasteiger charge is -2.08. The molecule has 1 rings (SSSR count). The van der Waals surface area contributed by atoms with Crippen molar-refractivity contribution in [3.05, 3.63) is 18.1 Å². The molecule has 0 saturated heterocycles. The molecule has 0 aliphatic carbocycles. The topological polar surface area (TPSA) is 49.0 Å². The lowest BCUT2D eigenvalue weighted by molar-refractivity contribution is 0.527. The molecular formula is C11H16N2OS. The zero-order valence-electron chi connectivity index (χ0n) is 9.12. The largest absolute Gasteiger partial charge is 0.468 e. The average molecular weight is 224 g/mol. The normalized spacial score (nSPS) is 12.3. The van der Waals surface area contributed by atoms with Crippen LogP contribution in [-0.4, -0.2) is 18.3 Å². The number of aryl methyl sites for hydroxylation is 1. The Hall–Kier alpha value is -0.920. The van der Waals surface area contributed by atoms with E-state index >= 15 is 0 Å². The minimum atomic E-state index is -0.0327. The highest BCUT2D eigenvalue weighted by atomic mass is 32.2. The molecule has 0 aromatic carbocycles. The second-order valence-electron chi connectivity index (χ2n) is 3.22. The Balaban J connectivity index is 2.27. The van der Waals surface area contributed by atoms with Crippen molar-refractivity contribution in [3.8, 4) is 6.07 Å². The van der Waals surface area contributed by atoms with E-state index in [1.54, 1.807) is 18.0 Å². The highest BCUT2D eigenvalue weighted by Crippen LogP contribution is 2.23. The van der Waals surface area contributed by atoms with Gasteiger partial charge >= 0.3 is 0 Å². The average Bonchev–Trinajstić information content (AvgIpc) is 2.63. The Bertz CT molecular complexity index is 330. The Morgan fingerprint density at radius 2 is 2.47 bits per heavy atom. The van der Waals surface area contributed by atoms with Gasteiger partial charge in [0.25, 0.3) is 0 Å². The summed E-state index contributed by atoms with van der Waals surface area (Å²) in [6.07, 6.45) is 2.56. The highest BCUT2D eigenvalue weighted by molar-refractivity contribution is 7.99. The Kier molecular flexibility index (Phi) is 5.30. The molecule has 82 valence electrons. The van der Waals surface area contributed by atoms with Gasteiger partial charge < -0.3 is 9.73 Å². The fourth-order valence-corrected chi connectivity index (χ4v) is 2.25. The zero-order valence-corrected chi connectivity index (χ0v) is 9.93. The number of nitrogens with one attached hydrogen (secondary N) is 1. The van der Waals surface area contributed by atoms with Crippen LogP contribution in [0.5, 0.6) is 0 Å². The second kappa shape index (κ2) is 6.54. The highest BCUT2D eigenvalue weighted by Gasteiger charge is 2.06. The van der Waals surface area contributed by atoms with Gasteiger partial charge in [-0.05, 0) is 26.0 Å². The molecular weight excluding hydrogens is 208 g/mol. The number of nitrogens with zero attached hydrogens (tertiary/aromatic N) is 1. The van der Waals surface area contributed by atoms with Crippen LogP contribution in [0.3, 0.4) is 0 Å². The predicted octanol–water partition coefficient (Wildman–Crippen LogP) is 2.57. The SMILES string of the molecule is CCNC(C#N)CCSc1ccoc1C. The van der Waals surface area contributed by atoms with Crippen LogP contribution in [0.25, 0.3) is 0 Å². The molecule has 0 aliphatic heterocycles. The van der Waals surface area contributed by atoms with Gasteiger partial charge in [-0.25, -0.2) is 0 Å². The van der Waals surface area contributed by atoms with Crippen LogP contribution in [0.2, 0.25) is 0 Å². The first-order valence-corrected chi connectivity index (χ1v) is 6.06. The smallest absolute Gasteiger partial charge is 0.114 e. The van der Waals surface area contributed by atoms with Crippen molar-refractivity contribution in [2.45, 2.75) is 31.2 Å². The van der Waals surface area contributed by atoms with Gasteiger partial charge in [-0.1, -0.05) is 6.92 Å². The molecule has 0 fully saturated rings. The number of furan rings is 1. The number of nitriles is 1. The monoisotopic (exact) mass is 224 g/mol. The number of rotatable bonds is 6. The maximum Gasteiger partial charge on any atom is 0.114 e. The third kappa shape index (κ3) is 3.98. The third-order valence-electron chi connectivity index (χ3n) is 2.08. The Morgan fingerprint density at radius 1 is 1.67 bits per heavy atom. The zero-order chi connectivity index (χ0) is 11.1. The summed E-state index contributed by atoms with van der Waals surface area (Å²) in [5, 5.41) is 12.0. The molecule has 1 atom stereocenters. The van der Waals surface area contributed by atoms with Gasteiger partial charge in [0.2, 0.25) is 0 Å². The molecule has 1 unspecified atom stereocenters. The Morgan fingerprint density at radius 3 is 3.00 bits per heavy atom. The molecule has 3 nitrogen and oxygen atoms in total. The van der Waals surface area contributed by atoms with Crippen molar-refractivity contribution in [2.75, 3.05) is 12.3 Å². The standard InChI is InChI=1S/C11H16N2OS/c1-3-13-10(8-12)5-7-15-11-4-6-14-9(11)2/h4,6,10,13H,3,5,7H2,1-2H3. The van der Waals surface area contributed by atoms with Gasteiger partial charge in [0.05, 0.1) is 18.4 Å². The molecule has 0 aliphatic rings. The summed E-state index contributed by atoms with van der Waals surface area (Å²) in [6, 6.07) is 4.18. The first-order chi connectivity index (χ1) is 7.27. The first kappa shape index (κ1) is 12.2. The van der Waals surface area contributed by atoms with Gasteiger partial charge in [0, 0.05) is 10.6 Å². The summed E-state index contributed by atoms with van der Waals surface area (Å²) in [4.78, 5) is 1.17. The molecule has 0 amide bonds. The number of hydrogen-bond donors (Lipinski definition) is 1. The van der Waals surface area contributed by atoms with Crippen LogP contribution in [0.4, 0.5) is 0 Å². The molecule has 1 aromatic heterocycles. The summed E-state index contributed by atoms with van der Waals surface area (Å²) >= 11 is 1.74. The van der Waals surface area contributed by atoms with E-state index < -0.39 is 0 Å². The predicted molar refractivity (Wildman–Crippen MR) is 61.9 cm³/mol. The van der Waals surface area contributed by atoms with Crippen LogP contribution < -0.4 is 5.32 Å². The molecule has 1 heterocycles. The number of thioether (sulfide) groups is 1. The molecule has 1 N–H and O–H groups in total. The van der Waals surface area contributed by atoms with E-state index in [1.807, 2.05) is 19.9 Å². The molecule has 15 heavy (non-hydrogen) atoms. The van der Waals surface area contributed by atoms with Gasteiger partial charge in [-0.2, -0.15) is 5.26 Å². The minimum Gasteiger partial charge on any atom is -0.468 e. The van der Waals surface area contributed by atoms with Crippen molar-refractivity contribution >= 4 is 11.8 Å². The van der Waals surface area contributed by atoms with Crippen LogP contribution in [0, 0.1) is 18.3 Å². The van der Waals surface area contributed by atoms with Gasteiger partial charge in [0.15, 0.2) is 0 Å². The molecule has 0 saturated carbocycles. The van der Waals surface area contributed by atoms with Crippen LogP contribution in [0.1, 0.15) is 19.1 Å². The molecule has 0 radical (unpaired) electrons. The molecule has 1 aromatic rings. The summed E-state index contributed by atoms with van der Waals surface area (Å²) in [6.45, 7) is 4.81. The van der Waals surface area contributed by atoms with Gasteiger partial charge in [-0.3, -0.25) is 0 Å². The van der Waals surface area contributed by atoms with Gasteiger partial charge in [0.1, 0.15) is 5.76 Å². The maximum atomic E-state index is 8.83. The lowest BCUT2D eigenvalue weighted by atomic mass is 10.2. The van der Waals surface area contributed by atoms with Crippen LogP contribution >= 0.6 is 11.8 Å². The number of hydrogen-bond acceptors (Lipinski definition) is 4. The van der Waals surface area contributed by atoms with Crippen molar-refractivity contribution in [1.29, 1.82) is 5.26 Å². The fraction of sp³-hybridized carbons (Fsp3) is 0.545. The summed E-state index contributed by atoms with van der Waals surface area (Å²) in [7, 11) is 0. The van der Waals surface area contributed by atoms with Crippen LogP contribution in [0.15, 0.2) is 21.6 Å². The fourth-order valence-electron chi connectivity index (χ4n) is 1.27. The third-order valence-corrected chi connectivity index (χ3v) is 3.26. The molecule has 0 spiro atoms. The maximum absolute atomic E-state index is 8.83. The Labute approximate surface area is 94.8 Å². The van der Waals surface area contributed by atoms with E-state index in [9.17, 15) is 0 Å². The van der Waals surface area contributed by atoms with Crippen molar-refractivity contribution in [2.24, 2.45) is 0 Å². The van der Waals surface area contributed by atoms with E-state index in [4.69, 9.17) is 9.68 Å². The van der Waals surface area contributed by atoms with E-state index in [1.165, 1.54) is 4.90 Å². The van der Waals surface area contributed by atoms with E-state index in [-0.39, 0.29) is 6.04 Å². The van der Waals surface area contributed by atoms with E-state index in [0.717, 1.165) is 24.5 Å². The van der Waals surface area contributed by atoms with E-state index in [0.29, 0.717) is 0 Å². The summed E-state index contributed by atoms with van der Waals surface area (Å²) in [5.74, 6) is 1.89. The lowest BCUT2D eigenvalue weighted by Crippen LogP contribution is -2.27. The van der Waals surface area contributed by atoms with Crippen molar-refractivity contribution < 1.29 is 4.42 Å². The first-order valence-electron chi connectivity index (χ1n) is 5.07. The van der Waals surface area contributed by atoms with Gasteiger partial charge in [-0.15, -0.1) is 11.8 Å².